The second kappa shape index (κ2) is 3.79. The van der Waals surface area contributed by atoms with Gasteiger partial charge in [-0.15, -0.1) is 0 Å². The molecule has 0 aromatic rings. The highest BCUT2D eigenvalue weighted by atomic mass is 32.1. The summed E-state index contributed by atoms with van der Waals surface area (Å²) in [6, 6.07) is -1.22. The quantitative estimate of drug-likeness (QED) is 0.605. The maximum atomic E-state index is 11.5. The zero-order chi connectivity index (χ0) is 10.9. The fraction of sp³-hybridized carbons (Fsp3) is 0.571. The van der Waals surface area contributed by atoms with Gasteiger partial charge in [0.1, 0.15) is 6.04 Å². The Morgan fingerprint density at radius 3 is 2.64 bits per heavy atom. The van der Waals surface area contributed by atoms with Crippen molar-refractivity contribution in [1.82, 2.24) is 15.3 Å². The zero-order valence-electron chi connectivity index (χ0n) is 7.98. The lowest BCUT2D eigenvalue weighted by atomic mass is 10.3. The van der Waals surface area contributed by atoms with Gasteiger partial charge in [0.25, 0.3) is 5.91 Å². The van der Waals surface area contributed by atoms with E-state index >= 15 is 0 Å². The molecule has 1 unspecified atom stereocenters. The van der Waals surface area contributed by atoms with Crippen molar-refractivity contribution >= 4 is 29.3 Å². The second-order valence-corrected chi connectivity index (χ2v) is 3.25. The van der Waals surface area contributed by atoms with E-state index in [0.29, 0.717) is 6.54 Å². The molecule has 0 aliphatic carbocycles. The van der Waals surface area contributed by atoms with Crippen molar-refractivity contribution < 1.29 is 9.59 Å². The largest absolute Gasteiger partial charge is 0.350 e. The van der Waals surface area contributed by atoms with Gasteiger partial charge >= 0.3 is 6.03 Å². The highest BCUT2D eigenvalue weighted by Gasteiger charge is 2.39. The third-order valence-electron chi connectivity index (χ3n) is 1.99. The molecule has 1 aliphatic heterocycles. The van der Waals surface area contributed by atoms with Gasteiger partial charge in [-0.3, -0.25) is 9.69 Å². The summed E-state index contributed by atoms with van der Waals surface area (Å²) in [5, 5.41) is 1.58. The van der Waals surface area contributed by atoms with Crippen LogP contribution in [0.15, 0.2) is 0 Å². The first-order valence-corrected chi connectivity index (χ1v) is 4.60. The maximum Gasteiger partial charge on any atom is 0.331 e. The van der Waals surface area contributed by atoms with E-state index in [9.17, 15) is 9.59 Å². The van der Waals surface area contributed by atoms with Crippen LogP contribution in [0.1, 0.15) is 13.8 Å². The molecule has 6 nitrogen and oxygen atoms in total. The van der Waals surface area contributed by atoms with Crippen LogP contribution in [0.25, 0.3) is 0 Å². The van der Waals surface area contributed by atoms with Crippen molar-refractivity contribution in [3.05, 3.63) is 0 Å². The molecule has 1 atom stereocenters. The number of nitrogens with two attached hydrogens (primary N) is 1. The number of likely N-dealkylation sites (N-methyl/N-ethyl adjacent to an activating group) is 1. The highest BCUT2D eigenvalue weighted by Crippen LogP contribution is 2.14. The number of primary amides is 1. The summed E-state index contributed by atoms with van der Waals surface area (Å²) >= 11 is 4.99. The summed E-state index contributed by atoms with van der Waals surface area (Å²) in [4.78, 5) is 23.6. The third-order valence-corrected chi connectivity index (χ3v) is 2.41. The summed E-state index contributed by atoms with van der Waals surface area (Å²) in [5.41, 5.74) is 7.25. The van der Waals surface area contributed by atoms with Gasteiger partial charge < -0.3 is 5.73 Å². The Bertz CT molecular complexity index is 293. The van der Waals surface area contributed by atoms with E-state index in [0.717, 1.165) is 0 Å². The van der Waals surface area contributed by atoms with E-state index in [2.05, 4.69) is 5.43 Å². The van der Waals surface area contributed by atoms with Crippen LogP contribution < -0.4 is 11.2 Å². The van der Waals surface area contributed by atoms with Crippen molar-refractivity contribution in [2.45, 2.75) is 19.9 Å². The topological polar surface area (TPSA) is 78.7 Å². The minimum Gasteiger partial charge on any atom is -0.350 e. The monoisotopic (exact) mass is 216 g/mol. The van der Waals surface area contributed by atoms with Crippen molar-refractivity contribution in [2.75, 3.05) is 6.54 Å². The Morgan fingerprint density at radius 1 is 1.71 bits per heavy atom. The first-order valence-electron chi connectivity index (χ1n) is 4.19. The molecule has 3 N–H and O–H groups in total. The minimum absolute atomic E-state index is 0.133. The molecular weight excluding hydrogens is 204 g/mol. The van der Waals surface area contributed by atoms with Gasteiger partial charge in [0, 0.05) is 6.54 Å². The number of hydrogen-bond acceptors (Lipinski definition) is 3. The average Bonchev–Trinajstić information content (AvgIpc) is 2.30. The van der Waals surface area contributed by atoms with Crippen LogP contribution in [0.5, 0.6) is 0 Å². The van der Waals surface area contributed by atoms with Gasteiger partial charge in [-0.25, -0.2) is 15.2 Å². The Hall–Kier alpha value is -1.37. The van der Waals surface area contributed by atoms with Crippen LogP contribution >= 0.6 is 12.2 Å². The van der Waals surface area contributed by atoms with Gasteiger partial charge in [0.15, 0.2) is 5.11 Å². The molecule has 0 aromatic carbocycles. The van der Waals surface area contributed by atoms with E-state index in [-0.39, 0.29) is 11.0 Å². The average molecular weight is 216 g/mol. The van der Waals surface area contributed by atoms with E-state index in [1.165, 1.54) is 9.91 Å². The van der Waals surface area contributed by atoms with Gasteiger partial charge in [-0.05, 0) is 26.1 Å². The lowest BCUT2D eigenvalue weighted by molar-refractivity contribution is -0.127. The fourth-order valence-electron chi connectivity index (χ4n) is 1.28. The van der Waals surface area contributed by atoms with Crippen LogP contribution in [0.4, 0.5) is 4.79 Å². The number of hydrogen-bond donors (Lipinski definition) is 2. The number of hydrazine groups is 1. The third kappa shape index (κ3) is 1.63. The smallest absolute Gasteiger partial charge is 0.331 e. The fourth-order valence-corrected chi connectivity index (χ4v) is 1.70. The Balaban J connectivity index is 2.83. The van der Waals surface area contributed by atoms with Crippen molar-refractivity contribution in [3.8, 4) is 0 Å². The summed E-state index contributed by atoms with van der Waals surface area (Å²) in [5.74, 6) is -0.133. The molecule has 1 aliphatic rings. The number of nitrogens with zero attached hydrogens (tertiary/aromatic N) is 2. The minimum atomic E-state index is -0.732. The molecule has 0 aromatic heterocycles. The summed E-state index contributed by atoms with van der Waals surface area (Å²) in [6.07, 6.45) is 0. The number of rotatable bonds is 2. The first-order chi connectivity index (χ1) is 6.49. The molecule has 0 bridgehead atoms. The Morgan fingerprint density at radius 2 is 2.29 bits per heavy atom. The number of nitrogens with one attached hydrogen (secondary N) is 1. The zero-order valence-corrected chi connectivity index (χ0v) is 8.80. The number of urea groups is 1. The molecule has 0 spiro atoms. The maximum absolute atomic E-state index is 11.5. The first kappa shape index (κ1) is 10.7. The normalized spacial score (nSPS) is 21.7. The summed E-state index contributed by atoms with van der Waals surface area (Å²) < 4.78 is 0. The van der Waals surface area contributed by atoms with Crippen LogP contribution in [0, 0.1) is 0 Å². The van der Waals surface area contributed by atoms with Crippen molar-refractivity contribution in [3.63, 3.8) is 0 Å². The Kier molecular flexibility index (Phi) is 2.90. The van der Waals surface area contributed by atoms with E-state index < -0.39 is 12.1 Å². The second-order valence-electron chi connectivity index (χ2n) is 2.89. The van der Waals surface area contributed by atoms with Gasteiger partial charge in [-0.1, -0.05) is 0 Å². The standard InChI is InChI=1S/C7H12N4O2S/c1-3-10-5(12)4(2)11(7(10)14)9-6(8)13/h4H,3H2,1-2H3,(H3,8,9,13). The molecule has 78 valence electrons. The number of carbonyl (C=O) groups excluding carboxylic acids is 2. The van der Waals surface area contributed by atoms with Crippen LogP contribution in [0.3, 0.4) is 0 Å². The highest BCUT2D eigenvalue weighted by molar-refractivity contribution is 7.80. The number of amides is 3. The summed E-state index contributed by atoms with van der Waals surface area (Å²) in [6.45, 7) is 3.95. The lowest BCUT2D eigenvalue weighted by Gasteiger charge is -2.20. The summed E-state index contributed by atoms with van der Waals surface area (Å²) in [7, 11) is 0. The molecular formula is C7H12N4O2S. The SMILES string of the molecule is CCN1C(=O)C(C)N(NC(N)=O)C1=S. The molecule has 14 heavy (non-hydrogen) atoms. The lowest BCUT2D eigenvalue weighted by Crippen LogP contribution is -2.49. The molecule has 7 heteroatoms. The van der Waals surface area contributed by atoms with Crippen LogP contribution in [0.2, 0.25) is 0 Å². The molecule has 1 rings (SSSR count). The molecule has 1 heterocycles. The van der Waals surface area contributed by atoms with Gasteiger partial charge in [0.05, 0.1) is 0 Å². The molecule has 1 saturated heterocycles. The molecule has 0 radical (unpaired) electrons. The number of thiocarbonyl (C=S) groups is 1. The number of carbonyl (C=O) groups is 2. The molecule has 3 amide bonds. The van der Waals surface area contributed by atoms with Crippen molar-refractivity contribution in [1.29, 1.82) is 0 Å². The van der Waals surface area contributed by atoms with E-state index in [1.807, 2.05) is 6.92 Å². The van der Waals surface area contributed by atoms with E-state index in [1.54, 1.807) is 6.92 Å². The van der Waals surface area contributed by atoms with Crippen LogP contribution in [-0.2, 0) is 4.79 Å². The predicted molar refractivity (Wildman–Crippen MR) is 54.0 cm³/mol. The predicted octanol–water partition coefficient (Wildman–Crippen LogP) is -0.593. The Labute approximate surface area is 87.0 Å². The van der Waals surface area contributed by atoms with Gasteiger partial charge in [0.2, 0.25) is 0 Å². The van der Waals surface area contributed by atoms with Gasteiger partial charge in [-0.2, -0.15) is 0 Å². The van der Waals surface area contributed by atoms with E-state index in [4.69, 9.17) is 18.0 Å². The molecule has 1 fully saturated rings. The van der Waals surface area contributed by atoms with Crippen LogP contribution in [-0.4, -0.2) is 39.5 Å². The van der Waals surface area contributed by atoms with Crippen molar-refractivity contribution in [2.24, 2.45) is 5.73 Å². The molecule has 0 saturated carbocycles.